The first-order valence-electron chi connectivity index (χ1n) is 7.40. The van der Waals surface area contributed by atoms with Crippen LogP contribution in [0.1, 0.15) is 32.6 Å². The Labute approximate surface area is 123 Å². The highest BCUT2D eigenvalue weighted by molar-refractivity contribution is 5.86. The molecule has 7 nitrogen and oxygen atoms in total. The number of nitrogens with zero attached hydrogens (tertiary/aromatic N) is 1. The van der Waals surface area contributed by atoms with E-state index in [2.05, 4.69) is 5.32 Å². The summed E-state index contributed by atoms with van der Waals surface area (Å²) in [6.45, 7) is 2.33. The second kappa shape index (κ2) is 6.43. The second-order valence-corrected chi connectivity index (χ2v) is 5.96. The average molecular weight is 298 g/mol. The third-order valence-corrected chi connectivity index (χ3v) is 4.08. The van der Waals surface area contributed by atoms with E-state index in [1.807, 2.05) is 0 Å². The van der Waals surface area contributed by atoms with Crippen molar-refractivity contribution in [3.63, 3.8) is 0 Å². The van der Waals surface area contributed by atoms with Gasteiger partial charge in [0.05, 0.1) is 12.0 Å². The van der Waals surface area contributed by atoms with Gasteiger partial charge in [0.15, 0.2) is 6.04 Å². The first-order valence-corrected chi connectivity index (χ1v) is 7.40. The number of carboxylic acids is 1. The Bertz CT molecular complexity index is 433. The largest absolute Gasteiger partial charge is 0.480 e. The number of amides is 2. The Kier molecular flexibility index (Phi) is 4.82. The van der Waals surface area contributed by atoms with Gasteiger partial charge in [-0.05, 0) is 32.6 Å². The molecule has 0 aromatic rings. The molecule has 2 amide bonds. The smallest absolute Gasteiger partial charge is 0.328 e. The van der Waals surface area contributed by atoms with Gasteiger partial charge in [-0.15, -0.1) is 0 Å². The number of carbonyl (C=O) groups is 3. The minimum atomic E-state index is -1.31. The number of piperidine rings is 1. The van der Waals surface area contributed by atoms with Crippen LogP contribution >= 0.6 is 0 Å². The SMILES string of the molecule is C[C@@H](O)[C@H](NC(=O)C1CCCN(C(=O)C2CC2)C1)C(=O)O. The van der Waals surface area contributed by atoms with Crippen molar-refractivity contribution in [2.75, 3.05) is 13.1 Å². The number of rotatable bonds is 5. The molecular formula is C14H22N2O5. The number of nitrogens with one attached hydrogen (secondary N) is 1. The molecule has 2 aliphatic rings. The molecule has 0 radical (unpaired) electrons. The van der Waals surface area contributed by atoms with E-state index in [4.69, 9.17) is 5.11 Å². The highest BCUT2D eigenvalue weighted by atomic mass is 16.4. The molecule has 0 aromatic heterocycles. The van der Waals surface area contributed by atoms with Crippen molar-refractivity contribution in [2.24, 2.45) is 11.8 Å². The number of carboxylic acid groups (broad SMARTS) is 1. The van der Waals surface area contributed by atoms with Crippen molar-refractivity contribution in [1.29, 1.82) is 0 Å². The van der Waals surface area contributed by atoms with Gasteiger partial charge in [-0.2, -0.15) is 0 Å². The summed E-state index contributed by atoms with van der Waals surface area (Å²) in [5.74, 6) is -1.84. The maximum absolute atomic E-state index is 12.1. The van der Waals surface area contributed by atoms with Gasteiger partial charge in [0, 0.05) is 19.0 Å². The first kappa shape index (κ1) is 15.8. The fourth-order valence-corrected chi connectivity index (χ4v) is 2.64. The summed E-state index contributed by atoms with van der Waals surface area (Å²) in [6.07, 6.45) is 2.05. The molecule has 2 fully saturated rings. The Morgan fingerprint density at radius 2 is 1.86 bits per heavy atom. The van der Waals surface area contributed by atoms with Gasteiger partial charge in [-0.25, -0.2) is 4.79 Å². The molecule has 1 saturated carbocycles. The molecule has 3 N–H and O–H groups in total. The highest BCUT2D eigenvalue weighted by Crippen LogP contribution is 2.32. The van der Waals surface area contributed by atoms with Gasteiger partial charge >= 0.3 is 5.97 Å². The number of hydrogen-bond acceptors (Lipinski definition) is 4. The van der Waals surface area contributed by atoms with Crippen LogP contribution in [0.25, 0.3) is 0 Å². The van der Waals surface area contributed by atoms with Gasteiger partial charge in [0.1, 0.15) is 0 Å². The van der Waals surface area contributed by atoms with Crippen molar-refractivity contribution < 1.29 is 24.6 Å². The molecule has 2 rings (SSSR count). The van der Waals surface area contributed by atoms with Crippen LogP contribution < -0.4 is 5.32 Å². The van der Waals surface area contributed by atoms with Crippen LogP contribution in [0.5, 0.6) is 0 Å². The summed E-state index contributed by atoms with van der Waals surface area (Å²) in [4.78, 5) is 36.9. The van der Waals surface area contributed by atoms with E-state index < -0.39 is 29.9 Å². The van der Waals surface area contributed by atoms with Gasteiger partial charge in [0.2, 0.25) is 11.8 Å². The highest BCUT2D eigenvalue weighted by Gasteiger charge is 2.37. The molecule has 21 heavy (non-hydrogen) atoms. The fraction of sp³-hybridized carbons (Fsp3) is 0.786. The molecule has 1 aliphatic carbocycles. The van der Waals surface area contributed by atoms with Gasteiger partial charge in [-0.3, -0.25) is 9.59 Å². The predicted octanol–water partition coefficient (Wildman–Crippen LogP) is -0.415. The summed E-state index contributed by atoms with van der Waals surface area (Å²) in [6, 6.07) is -1.31. The van der Waals surface area contributed by atoms with Crippen LogP contribution in [0.4, 0.5) is 0 Å². The lowest BCUT2D eigenvalue weighted by molar-refractivity contribution is -0.146. The molecule has 0 spiro atoms. The normalized spacial score (nSPS) is 25.0. The van der Waals surface area contributed by atoms with Crippen molar-refractivity contribution >= 4 is 17.8 Å². The predicted molar refractivity (Wildman–Crippen MR) is 73.3 cm³/mol. The van der Waals surface area contributed by atoms with E-state index >= 15 is 0 Å². The summed E-state index contributed by atoms with van der Waals surface area (Å²) in [7, 11) is 0. The monoisotopic (exact) mass is 298 g/mol. The third kappa shape index (κ3) is 3.93. The molecule has 118 valence electrons. The number of carbonyl (C=O) groups excluding carboxylic acids is 2. The zero-order valence-electron chi connectivity index (χ0n) is 12.1. The van der Waals surface area contributed by atoms with Crippen LogP contribution in [0.2, 0.25) is 0 Å². The van der Waals surface area contributed by atoms with Crippen molar-refractivity contribution in [3.8, 4) is 0 Å². The first-order chi connectivity index (χ1) is 9.90. The molecule has 0 bridgehead atoms. The van der Waals surface area contributed by atoms with Gasteiger partial charge in [0.25, 0.3) is 0 Å². The summed E-state index contributed by atoms with van der Waals surface area (Å²) in [5, 5.41) is 20.7. The third-order valence-electron chi connectivity index (χ3n) is 4.08. The van der Waals surface area contributed by atoms with Gasteiger partial charge in [-0.1, -0.05) is 0 Å². The zero-order valence-corrected chi connectivity index (χ0v) is 12.1. The lowest BCUT2D eigenvalue weighted by Crippen LogP contribution is -2.52. The molecule has 3 atom stereocenters. The Hall–Kier alpha value is -1.63. The van der Waals surface area contributed by atoms with Crippen LogP contribution in [0.3, 0.4) is 0 Å². The average Bonchev–Trinajstić information content (AvgIpc) is 3.27. The van der Waals surface area contributed by atoms with E-state index in [0.717, 1.165) is 19.3 Å². The number of aliphatic hydroxyl groups is 1. The Morgan fingerprint density at radius 1 is 1.19 bits per heavy atom. The van der Waals surface area contributed by atoms with E-state index in [1.165, 1.54) is 6.92 Å². The number of hydrogen-bond donors (Lipinski definition) is 3. The minimum Gasteiger partial charge on any atom is -0.480 e. The topological polar surface area (TPSA) is 107 Å². The lowest BCUT2D eigenvalue weighted by atomic mass is 9.96. The van der Waals surface area contributed by atoms with E-state index in [0.29, 0.717) is 19.5 Å². The summed E-state index contributed by atoms with van der Waals surface area (Å²) >= 11 is 0. The van der Waals surface area contributed by atoms with E-state index in [9.17, 15) is 19.5 Å². The van der Waals surface area contributed by atoms with Crippen molar-refractivity contribution in [2.45, 2.75) is 44.8 Å². The molecular weight excluding hydrogens is 276 g/mol. The van der Waals surface area contributed by atoms with E-state index in [1.54, 1.807) is 4.90 Å². The van der Waals surface area contributed by atoms with Gasteiger partial charge < -0.3 is 20.4 Å². The zero-order chi connectivity index (χ0) is 15.6. The number of aliphatic carboxylic acids is 1. The quantitative estimate of drug-likeness (QED) is 0.639. The Balaban J connectivity index is 1.92. The molecule has 1 heterocycles. The van der Waals surface area contributed by atoms with Crippen LogP contribution in [-0.4, -0.2) is 58.1 Å². The van der Waals surface area contributed by atoms with Crippen molar-refractivity contribution in [1.82, 2.24) is 10.2 Å². The Morgan fingerprint density at radius 3 is 2.38 bits per heavy atom. The molecule has 1 unspecified atom stereocenters. The minimum absolute atomic E-state index is 0.109. The van der Waals surface area contributed by atoms with Crippen LogP contribution in [0.15, 0.2) is 0 Å². The standard InChI is InChI=1S/C14H22N2O5/c1-8(17)11(14(20)21)15-12(18)10-3-2-6-16(7-10)13(19)9-4-5-9/h8-11,17H,2-7H2,1H3,(H,15,18)(H,20,21)/t8-,10?,11+/m1/s1. The molecule has 0 aromatic carbocycles. The van der Waals surface area contributed by atoms with Crippen molar-refractivity contribution in [3.05, 3.63) is 0 Å². The summed E-state index contributed by atoms with van der Waals surface area (Å²) in [5.41, 5.74) is 0. The van der Waals surface area contributed by atoms with Crippen LogP contribution in [0, 0.1) is 11.8 Å². The maximum Gasteiger partial charge on any atom is 0.328 e. The summed E-state index contributed by atoms with van der Waals surface area (Å²) < 4.78 is 0. The van der Waals surface area contributed by atoms with Crippen LogP contribution in [-0.2, 0) is 14.4 Å². The number of aliphatic hydroxyl groups excluding tert-OH is 1. The lowest BCUT2D eigenvalue weighted by Gasteiger charge is -2.33. The molecule has 1 saturated heterocycles. The maximum atomic E-state index is 12.1. The number of likely N-dealkylation sites (tertiary alicyclic amines) is 1. The second-order valence-electron chi connectivity index (χ2n) is 5.96. The fourth-order valence-electron chi connectivity index (χ4n) is 2.64. The molecule has 1 aliphatic heterocycles. The molecule has 7 heteroatoms. The van der Waals surface area contributed by atoms with E-state index in [-0.39, 0.29) is 11.8 Å².